The fraction of sp³-hybridized carbons (Fsp3) is 0.600. The molecule has 0 spiro atoms. The molecule has 2 amide bonds. The normalized spacial score (nSPS) is 10.9. The van der Waals surface area contributed by atoms with Crippen molar-refractivity contribution in [3.8, 4) is 42.8 Å². The highest BCUT2D eigenvalue weighted by molar-refractivity contribution is 5.96. The molecular formula is C40H56N2O11. The molecule has 13 nitrogen and oxygen atoms in total. The molecule has 1 aromatic rings. The fourth-order valence-electron chi connectivity index (χ4n) is 5.14. The number of ketones is 2. The van der Waals surface area contributed by atoms with E-state index in [0.717, 1.165) is 0 Å². The lowest BCUT2D eigenvalue weighted by atomic mass is 9.70. The molecule has 0 radical (unpaired) electrons. The van der Waals surface area contributed by atoms with Crippen molar-refractivity contribution >= 4 is 23.4 Å². The molecule has 0 aliphatic carbocycles. The number of aromatic hydroxyl groups is 1. The number of benzene rings is 1. The Bertz CT molecular complexity index is 1200. The van der Waals surface area contributed by atoms with Crippen LogP contribution < -0.4 is 10.6 Å². The predicted octanol–water partition coefficient (Wildman–Crippen LogP) is 2.87. The number of terminal acetylenes is 3. The van der Waals surface area contributed by atoms with E-state index in [2.05, 4.69) is 28.4 Å². The minimum absolute atomic E-state index is 0.00603. The number of ether oxygens (including phenoxy) is 6. The van der Waals surface area contributed by atoms with Crippen molar-refractivity contribution in [3.63, 3.8) is 0 Å². The molecule has 13 heteroatoms. The zero-order valence-electron chi connectivity index (χ0n) is 30.8. The number of hydrogen-bond donors (Lipinski definition) is 3. The molecule has 1 rings (SSSR count). The molecule has 0 unspecified atom stereocenters. The van der Waals surface area contributed by atoms with E-state index in [1.165, 1.54) is 24.3 Å². The SMILES string of the molecule is C#CCOCCOCCCC(=O)CCC(CCC(=O)NCCOCCOCC#C)(CCC(=O)NCCOCCOCC#C)CC(=O)c1ccc(O)cc1. The Morgan fingerprint density at radius 3 is 1.49 bits per heavy atom. The van der Waals surface area contributed by atoms with Crippen molar-refractivity contribution in [2.24, 2.45) is 5.41 Å². The van der Waals surface area contributed by atoms with Gasteiger partial charge in [0.1, 0.15) is 31.4 Å². The van der Waals surface area contributed by atoms with Gasteiger partial charge in [0.05, 0.1) is 52.9 Å². The standard InChI is InChI=1S/C40H56N2O11/c1-4-21-48-27-30-51-24-7-8-35(43)13-16-40(33-37(45)34-9-11-36(44)12-10-34,17-14-38(46)41-19-25-52-31-28-49-22-5-2)18-15-39(47)42-20-26-53-32-29-50-23-6-3/h1-3,9-12,44H,7-8,13-33H2,(H,41,46)(H,42,47). The third-order valence-corrected chi connectivity index (χ3v) is 7.98. The van der Waals surface area contributed by atoms with Crippen molar-refractivity contribution in [2.75, 3.05) is 92.4 Å². The van der Waals surface area contributed by atoms with Gasteiger partial charge in [-0.3, -0.25) is 19.2 Å². The molecule has 0 fully saturated rings. The largest absolute Gasteiger partial charge is 0.508 e. The summed E-state index contributed by atoms with van der Waals surface area (Å²) in [5.41, 5.74) is -0.484. The van der Waals surface area contributed by atoms with E-state index in [1.807, 2.05) is 0 Å². The summed E-state index contributed by atoms with van der Waals surface area (Å²) in [4.78, 5) is 52.6. The maximum Gasteiger partial charge on any atom is 0.220 e. The molecule has 0 aliphatic heterocycles. The second kappa shape index (κ2) is 31.3. The number of carbonyl (C=O) groups excluding carboxylic acids is 4. The van der Waals surface area contributed by atoms with Gasteiger partial charge < -0.3 is 44.2 Å². The summed E-state index contributed by atoms with van der Waals surface area (Å²) in [6, 6.07) is 5.91. The number of phenols is 1. The number of hydrogen-bond acceptors (Lipinski definition) is 11. The molecule has 0 saturated heterocycles. The lowest BCUT2D eigenvalue weighted by molar-refractivity contribution is -0.122. The molecule has 0 aliphatic rings. The van der Waals surface area contributed by atoms with Crippen LogP contribution in [0.25, 0.3) is 0 Å². The van der Waals surface area contributed by atoms with Crippen LogP contribution in [0.3, 0.4) is 0 Å². The lowest BCUT2D eigenvalue weighted by Crippen LogP contribution is -2.33. The summed E-state index contributed by atoms with van der Waals surface area (Å²) in [6.07, 6.45) is 17.3. The first-order chi connectivity index (χ1) is 25.7. The van der Waals surface area contributed by atoms with E-state index in [4.69, 9.17) is 47.7 Å². The molecule has 1 aromatic carbocycles. The maximum atomic E-state index is 13.6. The Morgan fingerprint density at radius 1 is 0.585 bits per heavy atom. The molecule has 3 N–H and O–H groups in total. The molecular weight excluding hydrogens is 684 g/mol. The monoisotopic (exact) mass is 740 g/mol. The van der Waals surface area contributed by atoms with Crippen LogP contribution in [0.1, 0.15) is 68.1 Å². The average Bonchev–Trinajstić information content (AvgIpc) is 3.15. The minimum Gasteiger partial charge on any atom is -0.508 e. The minimum atomic E-state index is -0.861. The van der Waals surface area contributed by atoms with Crippen LogP contribution in [0.15, 0.2) is 24.3 Å². The second-order valence-corrected chi connectivity index (χ2v) is 12.1. The van der Waals surface area contributed by atoms with Gasteiger partial charge in [-0.2, -0.15) is 0 Å². The van der Waals surface area contributed by atoms with E-state index in [9.17, 15) is 24.3 Å². The van der Waals surface area contributed by atoms with Crippen molar-refractivity contribution in [3.05, 3.63) is 29.8 Å². The van der Waals surface area contributed by atoms with Crippen LogP contribution in [0.2, 0.25) is 0 Å². The Hall–Kier alpha value is -4.26. The molecule has 0 saturated carbocycles. The van der Waals surface area contributed by atoms with Crippen molar-refractivity contribution in [1.82, 2.24) is 10.6 Å². The first kappa shape index (κ1) is 46.8. The smallest absolute Gasteiger partial charge is 0.220 e. The zero-order chi connectivity index (χ0) is 38.8. The van der Waals surface area contributed by atoms with E-state index in [1.54, 1.807) is 0 Å². The van der Waals surface area contributed by atoms with Crippen molar-refractivity contribution in [1.29, 1.82) is 0 Å². The van der Waals surface area contributed by atoms with Crippen LogP contribution in [0.4, 0.5) is 0 Å². The molecule has 53 heavy (non-hydrogen) atoms. The van der Waals surface area contributed by atoms with Gasteiger partial charge in [-0.15, -0.1) is 19.3 Å². The number of carbonyl (C=O) groups is 4. The van der Waals surface area contributed by atoms with E-state index in [0.29, 0.717) is 64.7 Å². The highest BCUT2D eigenvalue weighted by Gasteiger charge is 2.34. The van der Waals surface area contributed by atoms with Crippen LogP contribution in [-0.2, 0) is 42.8 Å². The third-order valence-electron chi connectivity index (χ3n) is 7.98. The number of nitrogens with one attached hydrogen (secondary N) is 2. The Balaban J connectivity index is 2.95. The van der Waals surface area contributed by atoms with Gasteiger partial charge >= 0.3 is 0 Å². The molecule has 0 aromatic heterocycles. The topological polar surface area (TPSA) is 168 Å². The first-order valence-corrected chi connectivity index (χ1v) is 17.9. The number of rotatable bonds is 34. The Labute approximate surface area is 314 Å². The van der Waals surface area contributed by atoms with Gasteiger partial charge in [-0.1, -0.05) is 17.8 Å². The summed E-state index contributed by atoms with van der Waals surface area (Å²) >= 11 is 0. The summed E-state index contributed by atoms with van der Waals surface area (Å²) in [6.45, 7) is 4.12. The molecule has 0 heterocycles. The van der Waals surface area contributed by atoms with Crippen LogP contribution in [0, 0.1) is 42.4 Å². The number of amides is 2. The third kappa shape index (κ3) is 25.4. The quantitative estimate of drug-likeness (QED) is 0.0540. The summed E-state index contributed by atoms with van der Waals surface area (Å²) < 4.78 is 31.9. The van der Waals surface area contributed by atoms with E-state index in [-0.39, 0.29) is 120 Å². The van der Waals surface area contributed by atoms with Crippen LogP contribution in [-0.4, -0.2) is 121 Å². The summed E-state index contributed by atoms with van der Waals surface area (Å²) in [5, 5.41) is 15.4. The highest BCUT2D eigenvalue weighted by Crippen LogP contribution is 2.40. The zero-order valence-corrected chi connectivity index (χ0v) is 30.8. The average molecular weight is 741 g/mol. The van der Waals surface area contributed by atoms with Gasteiger partial charge in [0, 0.05) is 57.4 Å². The van der Waals surface area contributed by atoms with Crippen LogP contribution in [0.5, 0.6) is 5.75 Å². The van der Waals surface area contributed by atoms with E-state index >= 15 is 0 Å². The Kier molecular flexibility index (Phi) is 27.6. The van der Waals surface area contributed by atoms with Crippen molar-refractivity contribution < 1.29 is 52.7 Å². The second-order valence-electron chi connectivity index (χ2n) is 12.1. The lowest BCUT2D eigenvalue weighted by Gasteiger charge is -2.33. The van der Waals surface area contributed by atoms with Crippen molar-refractivity contribution in [2.45, 2.75) is 57.8 Å². The fourth-order valence-corrected chi connectivity index (χ4v) is 5.14. The molecule has 0 atom stereocenters. The highest BCUT2D eigenvalue weighted by atomic mass is 16.5. The van der Waals surface area contributed by atoms with Gasteiger partial charge in [-0.05, 0) is 55.4 Å². The maximum absolute atomic E-state index is 13.6. The summed E-state index contributed by atoms with van der Waals surface area (Å²) in [5.74, 6) is 6.41. The predicted molar refractivity (Wildman–Crippen MR) is 199 cm³/mol. The number of phenolic OH excluding ortho intramolecular Hbond substituents is 1. The van der Waals surface area contributed by atoms with Gasteiger partial charge in [-0.25, -0.2) is 0 Å². The summed E-state index contributed by atoms with van der Waals surface area (Å²) in [7, 11) is 0. The molecule has 292 valence electrons. The van der Waals surface area contributed by atoms with Gasteiger partial charge in [0.25, 0.3) is 0 Å². The first-order valence-electron chi connectivity index (χ1n) is 17.9. The Morgan fingerprint density at radius 2 is 1.02 bits per heavy atom. The van der Waals surface area contributed by atoms with Gasteiger partial charge in [0.2, 0.25) is 11.8 Å². The number of Topliss-reactive ketones (excluding diaryl/α,β-unsaturated/α-hetero) is 2. The van der Waals surface area contributed by atoms with E-state index < -0.39 is 5.41 Å². The van der Waals surface area contributed by atoms with Crippen LogP contribution >= 0.6 is 0 Å². The molecule has 0 bridgehead atoms. The van der Waals surface area contributed by atoms with Gasteiger partial charge in [0.15, 0.2) is 5.78 Å².